The van der Waals surface area contributed by atoms with Crippen LogP contribution in [0.25, 0.3) is 34.2 Å². The quantitative estimate of drug-likeness (QED) is 0.214. The molecule has 0 bridgehead atoms. The number of hydrogen-bond acceptors (Lipinski definition) is 6. The van der Waals surface area contributed by atoms with Gasteiger partial charge in [-0.05, 0) is 61.9 Å². The Morgan fingerprint density at radius 1 is 0.897 bits per heavy atom. The van der Waals surface area contributed by atoms with Crippen molar-refractivity contribution in [1.29, 1.82) is 0 Å². The molecule has 0 radical (unpaired) electrons. The highest BCUT2D eigenvalue weighted by molar-refractivity contribution is 9.10. The minimum Gasteiger partial charge on any atom is -0.480 e. The Labute approximate surface area is 232 Å². The summed E-state index contributed by atoms with van der Waals surface area (Å²) in [5.74, 6) is -0.488. The molecule has 5 aromatic rings. The van der Waals surface area contributed by atoms with Crippen LogP contribution in [0.3, 0.4) is 0 Å². The lowest BCUT2D eigenvalue weighted by Gasteiger charge is -2.14. The maximum Gasteiger partial charge on any atom is 0.326 e. The van der Waals surface area contributed by atoms with Crippen LogP contribution in [-0.4, -0.2) is 33.2 Å². The number of aliphatic carboxylic acids is 1. The van der Waals surface area contributed by atoms with Gasteiger partial charge in [0.25, 0.3) is 11.8 Å². The number of hydrogen-bond donors (Lipinski definition) is 2. The molecule has 0 unspecified atom stereocenters. The van der Waals surface area contributed by atoms with E-state index < -0.39 is 17.9 Å². The number of carboxylic acids is 1. The van der Waals surface area contributed by atoms with Crippen LogP contribution in [0.2, 0.25) is 0 Å². The summed E-state index contributed by atoms with van der Waals surface area (Å²) in [4.78, 5) is 29.4. The van der Waals surface area contributed by atoms with Gasteiger partial charge in [-0.1, -0.05) is 68.6 Å². The molecule has 0 spiro atoms. The van der Waals surface area contributed by atoms with Crippen LogP contribution in [-0.2, 0) is 11.2 Å². The molecule has 0 aliphatic carbocycles. The third-order valence-corrected chi connectivity index (χ3v) is 6.61. The van der Waals surface area contributed by atoms with Crippen LogP contribution in [0.1, 0.15) is 27.2 Å². The maximum absolute atomic E-state index is 12.9. The lowest BCUT2D eigenvalue weighted by molar-refractivity contribution is -0.139. The molecule has 3 aromatic carbocycles. The molecule has 0 fully saturated rings. The molecule has 2 N–H and O–H groups in total. The predicted octanol–water partition coefficient (Wildman–Crippen LogP) is 6.47. The van der Waals surface area contributed by atoms with E-state index in [1.807, 2.05) is 68.4 Å². The van der Waals surface area contributed by atoms with Crippen LogP contribution in [0.4, 0.5) is 0 Å². The highest BCUT2D eigenvalue weighted by Gasteiger charge is 2.24. The Hall–Kier alpha value is -4.50. The summed E-state index contributed by atoms with van der Waals surface area (Å²) < 4.78 is 11.9. The van der Waals surface area contributed by atoms with Gasteiger partial charge in [0, 0.05) is 27.6 Å². The van der Waals surface area contributed by atoms with E-state index in [4.69, 9.17) is 8.94 Å². The molecule has 8 nitrogen and oxygen atoms in total. The molecule has 0 saturated heterocycles. The topological polar surface area (TPSA) is 118 Å². The van der Waals surface area contributed by atoms with Crippen molar-refractivity contribution in [2.45, 2.75) is 26.3 Å². The number of nitrogens with zero attached hydrogens (tertiary/aromatic N) is 2. The van der Waals surface area contributed by atoms with Gasteiger partial charge in [-0.15, -0.1) is 0 Å². The molecule has 196 valence electrons. The fraction of sp³-hybridized carbons (Fsp3) is 0.133. The second-order valence-electron chi connectivity index (χ2n) is 9.24. The Morgan fingerprint density at radius 2 is 1.56 bits per heavy atom. The normalized spacial score (nSPS) is 11.8. The molecule has 0 aliphatic heterocycles. The zero-order valence-electron chi connectivity index (χ0n) is 21.1. The number of aryl methyl sites for hydroxylation is 2. The monoisotopic (exact) mass is 585 g/mol. The molecular formula is C30H24BrN3O5. The Balaban J connectivity index is 1.32. The first kappa shape index (κ1) is 26.1. The third-order valence-electron chi connectivity index (χ3n) is 6.15. The first-order valence-electron chi connectivity index (χ1n) is 12.2. The maximum atomic E-state index is 12.9. The standard InChI is InChI=1S/C30H24BrN3O5/c1-17-3-7-20(8-4-17)25-11-12-26(38-25)28(35)32-24(30(36)37)15-19-13-22(16-23(31)14-19)27-33-29(39-34-27)21-9-5-18(2)6-10-21/h3-14,16,24H,15H2,1-2H3,(H,32,35)(H,36,37)/t24-/m1/s1. The van der Waals surface area contributed by atoms with Crippen molar-refractivity contribution in [3.05, 3.63) is 106 Å². The number of benzene rings is 3. The zero-order valence-corrected chi connectivity index (χ0v) is 22.7. The van der Waals surface area contributed by atoms with E-state index in [2.05, 4.69) is 31.4 Å². The van der Waals surface area contributed by atoms with Gasteiger partial charge in [0.1, 0.15) is 11.8 Å². The van der Waals surface area contributed by atoms with Crippen molar-refractivity contribution < 1.29 is 23.6 Å². The van der Waals surface area contributed by atoms with Gasteiger partial charge < -0.3 is 19.4 Å². The molecule has 39 heavy (non-hydrogen) atoms. The molecule has 0 saturated carbocycles. The average Bonchev–Trinajstić information content (AvgIpc) is 3.60. The van der Waals surface area contributed by atoms with Gasteiger partial charge in [0.05, 0.1) is 0 Å². The number of halogens is 1. The predicted molar refractivity (Wildman–Crippen MR) is 149 cm³/mol. The fourth-order valence-corrected chi connectivity index (χ4v) is 4.59. The summed E-state index contributed by atoms with van der Waals surface area (Å²) in [6.45, 7) is 3.98. The molecule has 1 atom stereocenters. The summed E-state index contributed by atoms with van der Waals surface area (Å²) in [6.07, 6.45) is 0.0295. The van der Waals surface area contributed by atoms with Gasteiger partial charge in [-0.25, -0.2) is 4.79 Å². The lowest BCUT2D eigenvalue weighted by Crippen LogP contribution is -2.42. The summed E-state index contributed by atoms with van der Waals surface area (Å²) in [6, 6.07) is 22.8. The first-order valence-corrected chi connectivity index (χ1v) is 13.0. The van der Waals surface area contributed by atoms with Crippen molar-refractivity contribution in [2.75, 3.05) is 0 Å². The van der Waals surface area contributed by atoms with Crippen LogP contribution < -0.4 is 5.32 Å². The van der Waals surface area contributed by atoms with Gasteiger partial charge in [-0.3, -0.25) is 4.79 Å². The van der Waals surface area contributed by atoms with Crippen molar-refractivity contribution in [2.24, 2.45) is 0 Å². The summed E-state index contributed by atoms with van der Waals surface area (Å²) in [5, 5.41) is 16.5. The second kappa shape index (κ2) is 11.1. The number of amides is 1. The molecule has 2 heterocycles. The van der Waals surface area contributed by atoms with E-state index in [-0.39, 0.29) is 12.2 Å². The van der Waals surface area contributed by atoms with E-state index in [1.165, 1.54) is 6.07 Å². The fourth-order valence-electron chi connectivity index (χ4n) is 4.05. The smallest absolute Gasteiger partial charge is 0.326 e. The number of rotatable bonds is 8. The summed E-state index contributed by atoms with van der Waals surface area (Å²) in [7, 11) is 0. The SMILES string of the molecule is Cc1ccc(-c2ccc(C(=O)N[C@H](Cc3cc(Br)cc(-c4noc(-c5ccc(C)cc5)n4)c3)C(=O)O)o2)cc1. The number of carboxylic acid groups (broad SMARTS) is 1. The van der Waals surface area contributed by atoms with Crippen LogP contribution in [0.5, 0.6) is 0 Å². The highest BCUT2D eigenvalue weighted by atomic mass is 79.9. The minimum absolute atomic E-state index is 0.0295. The molecule has 0 aliphatic rings. The average molecular weight is 586 g/mol. The van der Waals surface area contributed by atoms with Gasteiger partial charge in [0.15, 0.2) is 5.76 Å². The Kier molecular flexibility index (Phi) is 7.42. The van der Waals surface area contributed by atoms with E-state index in [9.17, 15) is 14.7 Å². The molecule has 2 aromatic heterocycles. The molecular weight excluding hydrogens is 562 g/mol. The van der Waals surface area contributed by atoms with Crippen LogP contribution >= 0.6 is 15.9 Å². The van der Waals surface area contributed by atoms with E-state index in [0.29, 0.717) is 33.1 Å². The number of nitrogens with one attached hydrogen (secondary N) is 1. The number of aromatic nitrogens is 2. The molecule has 9 heteroatoms. The van der Waals surface area contributed by atoms with Gasteiger partial charge in [-0.2, -0.15) is 4.98 Å². The third kappa shape index (κ3) is 6.15. The molecule has 1 amide bonds. The Bertz CT molecular complexity index is 1640. The lowest BCUT2D eigenvalue weighted by atomic mass is 10.0. The summed E-state index contributed by atoms with van der Waals surface area (Å²) in [5.41, 5.74) is 5.15. The van der Waals surface area contributed by atoms with Crippen molar-refractivity contribution in [3.8, 4) is 34.2 Å². The second-order valence-corrected chi connectivity index (χ2v) is 10.2. The molecule has 5 rings (SSSR count). The van der Waals surface area contributed by atoms with Crippen LogP contribution in [0, 0.1) is 13.8 Å². The van der Waals surface area contributed by atoms with Crippen molar-refractivity contribution in [3.63, 3.8) is 0 Å². The number of carbonyl (C=O) groups is 2. The van der Waals surface area contributed by atoms with E-state index in [1.54, 1.807) is 18.2 Å². The highest BCUT2D eigenvalue weighted by Crippen LogP contribution is 2.27. The van der Waals surface area contributed by atoms with Crippen molar-refractivity contribution in [1.82, 2.24) is 15.5 Å². The number of furan rings is 1. The first-order chi connectivity index (χ1) is 18.7. The van der Waals surface area contributed by atoms with Crippen LogP contribution in [0.15, 0.2) is 92.3 Å². The largest absolute Gasteiger partial charge is 0.480 e. The zero-order chi connectivity index (χ0) is 27.5. The Morgan fingerprint density at radius 3 is 2.23 bits per heavy atom. The van der Waals surface area contributed by atoms with Gasteiger partial charge in [0.2, 0.25) is 5.82 Å². The van der Waals surface area contributed by atoms with E-state index in [0.717, 1.165) is 22.3 Å². The van der Waals surface area contributed by atoms with Gasteiger partial charge >= 0.3 is 5.97 Å². The number of carbonyl (C=O) groups excluding carboxylic acids is 1. The van der Waals surface area contributed by atoms with Crippen molar-refractivity contribution >= 4 is 27.8 Å². The van der Waals surface area contributed by atoms with E-state index >= 15 is 0 Å². The summed E-state index contributed by atoms with van der Waals surface area (Å²) >= 11 is 3.48. The minimum atomic E-state index is -1.19.